The van der Waals surface area contributed by atoms with Gasteiger partial charge in [-0.25, -0.2) is 9.67 Å². The zero-order valence-electron chi connectivity index (χ0n) is 11.4. The summed E-state index contributed by atoms with van der Waals surface area (Å²) in [5.41, 5.74) is 8.67. The number of nitrogens with two attached hydrogens (primary N) is 1. The van der Waals surface area contributed by atoms with Gasteiger partial charge < -0.3 is 5.73 Å². The third-order valence-corrected chi connectivity index (χ3v) is 4.01. The van der Waals surface area contributed by atoms with Gasteiger partial charge in [-0.3, -0.25) is 0 Å². The van der Waals surface area contributed by atoms with Gasteiger partial charge in [0.15, 0.2) is 5.82 Å². The van der Waals surface area contributed by atoms with Gasteiger partial charge >= 0.3 is 0 Å². The van der Waals surface area contributed by atoms with Crippen LogP contribution in [0.1, 0.15) is 30.0 Å². The first-order valence-corrected chi connectivity index (χ1v) is 7.39. The Hall–Kier alpha value is -2.27. The fourth-order valence-electron chi connectivity index (χ4n) is 2.51. The highest BCUT2D eigenvalue weighted by Gasteiger charge is 2.26. The van der Waals surface area contributed by atoms with Crippen LogP contribution in [0.3, 0.4) is 0 Å². The second kappa shape index (κ2) is 4.63. The van der Waals surface area contributed by atoms with Gasteiger partial charge in [0.1, 0.15) is 4.99 Å². The lowest BCUT2D eigenvalue weighted by Gasteiger charge is -2.09. The van der Waals surface area contributed by atoms with Crippen molar-refractivity contribution >= 4 is 28.1 Å². The summed E-state index contributed by atoms with van der Waals surface area (Å²) in [5.74, 6) is 1.31. The second-order valence-electron chi connectivity index (χ2n) is 5.38. The number of thiocarbonyl (C=S) groups is 1. The predicted molar refractivity (Wildman–Crippen MR) is 86.7 cm³/mol. The molecule has 1 aromatic carbocycles. The Balaban J connectivity index is 1.91. The summed E-state index contributed by atoms with van der Waals surface area (Å²) in [6.45, 7) is 0. The number of pyridine rings is 1. The van der Waals surface area contributed by atoms with Gasteiger partial charge in [0, 0.05) is 17.5 Å². The van der Waals surface area contributed by atoms with Gasteiger partial charge in [-0.05, 0) is 31.0 Å². The number of nitrogens with zero attached hydrogens (tertiary/aromatic N) is 3. The maximum atomic E-state index is 5.87. The van der Waals surface area contributed by atoms with Gasteiger partial charge in [-0.1, -0.05) is 30.4 Å². The van der Waals surface area contributed by atoms with Crippen LogP contribution >= 0.6 is 12.2 Å². The van der Waals surface area contributed by atoms with Crippen molar-refractivity contribution in [2.75, 3.05) is 0 Å². The molecule has 0 aliphatic heterocycles. The molecule has 0 bridgehead atoms. The van der Waals surface area contributed by atoms with E-state index in [4.69, 9.17) is 22.9 Å². The van der Waals surface area contributed by atoms with Crippen molar-refractivity contribution in [3.63, 3.8) is 0 Å². The summed E-state index contributed by atoms with van der Waals surface area (Å²) in [6.07, 6.45) is 4.39. The van der Waals surface area contributed by atoms with Crippen LogP contribution in [-0.2, 0) is 0 Å². The van der Waals surface area contributed by atoms with E-state index in [0.717, 1.165) is 22.2 Å². The summed E-state index contributed by atoms with van der Waals surface area (Å²) in [4.78, 5) is 5.03. The number of aromatic nitrogens is 3. The van der Waals surface area contributed by atoms with Crippen LogP contribution in [0.4, 0.5) is 0 Å². The molecule has 21 heavy (non-hydrogen) atoms. The molecular formula is C16H14N4S. The second-order valence-corrected chi connectivity index (χ2v) is 5.82. The molecule has 1 fully saturated rings. The van der Waals surface area contributed by atoms with Gasteiger partial charge in [0.05, 0.1) is 16.8 Å². The van der Waals surface area contributed by atoms with E-state index >= 15 is 0 Å². The Morgan fingerprint density at radius 1 is 1.24 bits per heavy atom. The molecule has 0 atom stereocenters. The molecule has 1 aliphatic rings. The van der Waals surface area contributed by atoms with E-state index in [2.05, 4.69) is 11.2 Å². The molecule has 4 nitrogen and oxygen atoms in total. The van der Waals surface area contributed by atoms with Crippen molar-refractivity contribution in [1.82, 2.24) is 14.8 Å². The largest absolute Gasteiger partial charge is 0.389 e. The van der Waals surface area contributed by atoms with Crippen molar-refractivity contribution in [2.24, 2.45) is 5.73 Å². The number of hydrogen-bond acceptors (Lipinski definition) is 3. The van der Waals surface area contributed by atoms with Crippen molar-refractivity contribution in [3.8, 4) is 5.82 Å². The molecule has 0 unspecified atom stereocenters. The zero-order chi connectivity index (χ0) is 14.4. The average Bonchev–Trinajstić information content (AvgIpc) is 3.23. The predicted octanol–water partition coefficient (Wildman–Crippen LogP) is 2.93. The molecule has 0 radical (unpaired) electrons. The minimum Gasteiger partial charge on any atom is -0.389 e. The van der Waals surface area contributed by atoms with Crippen LogP contribution in [0.15, 0.2) is 42.6 Å². The molecule has 3 aromatic rings. The molecule has 2 heterocycles. The lowest BCUT2D eigenvalue weighted by Crippen LogP contribution is -2.15. The van der Waals surface area contributed by atoms with Crippen LogP contribution in [0.25, 0.3) is 16.7 Å². The normalized spacial score (nSPS) is 14.5. The smallest absolute Gasteiger partial charge is 0.164 e. The third-order valence-electron chi connectivity index (χ3n) is 3.79. The number of hydrogen-bond donors (Lipinski definition) is 1. The van der Waals surface area contributed by atoms with Crippen LogP contribution in [0.5, 0.6) is 0 Å². The maximum Gasteiger partial charge on any atom is 0.164 e. The molecule has 0 amide bonds. The molecule has 0 saturated heterocycles. The summed E-state index contributed by atoms with van der Waals surface area (Å²) in [5, 5.41) is 5.66. The fraction of sp³-hybridized carbons (Fsp3) is 0.188. The standard InChI is InChI=1S/C16H14N4S/c17-15(21)12-9-11-3-1-2-4-13(11)18-16(12)20-8-7-14(19-20)10-5-6-10/h1-4,7-10H,5-6H2,(H2,17,21). The lowest BCUT2D eigenvalue weighted by atomic mass is 10.1. The minimum absolute atomic E-state index is 0.340. The first kappa shape index (κ1) is 12.5. The van der Waals surface area contributed by atoms with Crippen molar-refractivity contribution < 1.29 is 0 Å². The number of rotatable bonds is 3. The van der Waals surface area contributed by atoms with Gasteiger partial charge in [-0.2, -0.15) is 5.10 Å². The Bertz CT molecular complexity index is 848. The molecule has 4 rings (SSSR count). The SMILES string of the molecule is NC(=S)c1cc2ccccc2nc1-n1ccc(C2CC2)n1. The Morgan fingerprint density at radius 2 is 2.05 bits per heavy atom. The average molecular weight is 294 g/mol. The summed E-state index contributed by atoms with van der Waals surface area (Å²) >= 11 is 5.18. The van der Waals surface area contributed by atoms with E-state index in [1.54, 1.807) is 4.68 Å². The van der Waals surface area contributed by atoms with Crippen LogP contribution in [-0.4, -0.2) is 19.8 Å². The summed E-state index contributed by atoms with van der Waals surface area (Å²) in [6, 6.07) is 12.0. The fourth-order valence-corrected chi connectivity index (χ4v) is 2.66. The highest BCUT2D eigenvalue weighted by atomic mass is 32.1. The molecule has 0 spiro atoms. The first-order chi connectivity index (χ1) is 10.2. The topological polar surface area (TPSA) is 56.7 Å². The Kier molecular flexibility index (Phi) is 2.75. The number of para-hydroxylation sites is 1. The van der Waals surface area contributed by atoms with E-state index in [1.165, 1.54) is 12.8 Å². The van der Waals surface area contributed by atoms with Gasteiger partial charge in [-0.15, -0.1) is 0 Å². The van der Waals surface area contributed by atoms with Crippen molar-refractivity contribution in [2.45, 2.75) is 18.8 Å². The van der Waals surface area contributed by atoms with Gasteiger partial charge in [0.25, 0.3) is 0 Å². The monoisotopic (exact) mass is 294 g/mol. The highest BCUT2D eigenvalue weighted by molar-refractivity contribution is 7.80. The molecule has 5 heteroatoms. The summed E-state index contributed by atoms with van der Waals surface area (Å²) in [7, 11) is 0. The van der Waals surface area contributed by atoms with E-state index < -0.39 is 0 Å². The summed E-state index contributed by atoms with van der Waals surface area (Å²) < 4.78 is 1.79. The first-order valence-electron chi connectivity index (χ1n) is 6.98. The van der Waals surface area contributed by atoms with E-state index in [9.17, 15) is 0 Å². The van der Waals surface area contributed by atoms with Crippen LogP contribution in [0.2, 0.25) is 0 Å². The number of benzene rings is 1. The Labute approximate surface area is 127 Å². The molecule has 1 aliphatic carbocycles. The molecule has 104 valence electrons. The quantitative estimate of drug-likeness (QED) is 0.755. The molecule has 2 aromatic heterocycles. The van der Waals surface area contributed by atoms with Crippen LogP contribution in [0, 0.1) is 0 Å². The third kappa shape index (κ3) is 2.19. The van der Waals surface area contributed by atoms with E-state index in [-0.39, 0.29) is 0 Å². The molecular weight excluding hydrogens is 280 g/mol. The lowest BCUT2D eigenvalue weighted by molar-refractivity contribution is 0.815. The zero-order valence-corrected chi connectivity index (χ0v) is 12.2. The van der Waals surface area contributed by atoms with Crippen molar-refractivity contribution in [3.05, 3.63) is 53.9 Å². The minimum atomic E-state index is 0.340. The maximum absolute atomic E-state index is 5.87. The van der Waals surface area contributed by atoms with E-state index in [0.29, 0.717) is 16.7 Å². The van der Waals surface area contributed by atoms with E-state index in [1.807, 2.05) is 36.5 Å². The molecule has 2 N–H and O–H groups in total. The van der Waals surface area contributed by atoms with Gasteiger partial charge in [0.2, 0.25) is 0 Å². The Morgan fingerprint density at radius 3 is 2.81 bits per heavy atom. The number of fused-ring (bicyclic) bond motifs is 1. The van der Waals surface area contributed by atoms with Crippen molar-refractivity contribution in [1.29, 1.82) is 0 Å². The highest BCUT2D eigenvalue weighted by Crippen LogP contribution is 2.39. The van der Waals surface area contributed by atoms with Crippen LogP contribution < -0.4 is 5.73 Å². The molecule has 1 saturated carbocycles.